The molecular formula is C8H11O2. The maximum Gasteiger partial charge on any atom is 0.234 e. The minimum absolute atomic E-state index is 0.848. The molecule has 0 amide bonds. The molecule has 2 heteroatoms. The molecule has 0 aromatic carbocycles. The highest BCUT2D eigenvalue weighted by Gasteiger charge is 2.11. The van der Waals surface area contributed by atoms with E-state index in [1.807, 2.05) is 6.08 Å². The molecule has 55 valence electrons. The zero-order chi connectivity index (χ0) is 7.40. The summed E-state index contributed by atoms with van der Waals surface area (Å²) in [6.45, 7) is 0. The second-order valence-electron chi connectivity index (χ2n) is 2.55. The molecule has 0 bridgehead atoms. The van der Waals surface area contributed by atoms with Crippen molar-refractivity contribution in [2.45, 2.75) is 31.8 Å². The van der Waals surface area contributed by atoms with Crippen LogP contribution >= 0.6 is 0 Å². The lowest BCUT2D eigenvalue weighted by molar-refractivity contribution is 0.261. The minimum Gasteiger partial charge on any atom is -0.380 e. The van der Waals surface area contributed by atoms with Gasteiger partial charge in [0.15, 0.2) is 0 Å². The molecule has 1 aliphatic rings. The van der Waals surface area contributed by atoms with E-state index >= 15 is 0 Å². The van der Waals surface area contributed by atoms with E-state index in [0.717, 1.165) is 24.8 Å². The highest BCUT2D eigenvalue weighted by atomic mass is 16.3. The molecule has 0 spiro atoms. The average Bonchev–Trinajstić information content (AvgIpc) is 2.05. The van der Waals surface area contributed by atoms with Gasteiger partial charge in [-0.15, -0.1) is 0 Å². The molecule has 0 heterocycles. The van der Waals surface area contributed by atoms with Gasteiger partial charge < -0.3 is 5.11 Å². The van der Waals surface area contributed by atoms with E-state index in [4.69, 9.17) is 5.11 Å². The van der Waals surface area contributed by atoms with Crippen molar-refractivity contribution in [1.82, 2.24) is 0 Å². The van der Waals surface area contributed by atoms with Gasteiger partial charge in [0.05, 0.1) is 0 Å². The number of aliphatic hydroxyl groups excluding tert-OH is 1. The molecular weight excluding hydrogens is 128 g/mol. The number of rotatable bonds is 2. The fourth-order valence-corrected chi connectivity index (χ4v) is 1.19. The van der Waals surface area contributed by atoms with Gasteiger partial charge in [-0.05, 0) is 31.3 Å². The molecule has 0 saturated heterocycles. The Labute approximate surface area is 60.6 Å². The second kappa shape index (κ2) is 3.52. The summed E-state index contributed by atoms with van der Waals surface area (Å²) < 4.78 is 0. The third kappa shape index (κ3) is 1.67. The fraction of sp³-hybridized carbons (Fsp3) is 0.625. The van der Waals surface area contributed by atoms with Crippen molar-refractivity contribution in [2.24, 2.45) is 0 Å². The van der Waals surface area contributed by atoms with Crippen molar-refractivity contribution in [1.29, 1.82) is 0 Å². The van der Waals surface area contributed by atoms with E-state index in [-0.39, 0.29) is 0 Å². The highest BCUT2D eigenvalue weighted by Crippen LogP contribution is 2.19. The quantitative estimate of drug-likeness (QED) is 0.578. The van der Waals surface area contributed by atoms with Crippen LogP contribution in [0.25, 0.3) is 0 Å². The van der Waals surface area contributed by atoms with Gasteiger partial charge in [0.2, 0.25) is 6.29 Å². The summed E-state index contributed by atoms with van der Waals surface area (Å²) in [6.07, 6.45) is 6.67. The minimum atomic E-state index is -0.958. The normalized spacial score (nSPS) is 21.5. The van der Waals surface area contributed by atoms with Gasteiger partial charge in [-0.2, -0.15) is 0 Å². The third-order valence-corrected chi connectivity index (χ3v) is 1.79. The summed E-state index contributed by atoms with van der Waals surface area (Å²) in [5, 5.41) is 8.99. The number of hydrogen-bond acceptors (Lipinski definition) is 2. The van der Waals surface area contributed by atoms with Gasteiger partial charge in [-0.3, -0.25) is 4.79 Å². The van der Waals surface area contributed by atoms with E-state index in [1.54, 1.807) is 6.29 Å². The molecule has 0 aromatic rings. The van der Waals surface area contributed by atoms with Crippen molar-refractivity contribution in [2.75, 3.05) is 0 Å². The first-order chi connectivity index (χ1) is 4.84. The van der Waals surface area contributed by atoms with E-state index in [2.05, 4.69) is 0 Å². The zero-order valence-electron chi connectivity index (χ0n) is 5.84. The molecule has 1 atom stereocenters. The van der Waals surface area contributed by atoms with Crippen LogP contribution in [-0.2, 0) is 4.79 Å². The van der Waals surface area contributed by atoms with E-state index in [0.29, 0.717) is 0 Å². The Morgan fingerprint density at radius 3 is 2.90 bits per heavy atom. The van der Waals surface area contributed by atoms with Gasteiger partial charge in [0.1, 0.15) is 6.10 Å². The summed E-state index contributed by atoms with van der Waals surface area (Å²) in [6, 6.07) is 0. The molecule has 1 N–H and O–H groups in total. The predicted octanol–water partition coefficient (Wildman–Crippen LogP) is 0.957. The Balaban J connectivity index is 2.52. The molecule has 2 nitrogen and oxygen atoms in total. The molecule has 1 aliphatic carbocycles. The predicted molar refractivity (Wildman–Crippen MR) is 38.3 cm³/mol. The smallest absolute Gasteiger partial charge is 0.234 e. The summed E-state index contributed by atoms with van der Waals surface area (Å²) in [5.74, 6) is 0. The summed E-state index contributed by atoms with van der Waals surface area (Å²) in [5.41, 5.74) is 0.848. The van der Waals surface area contributed by atoms with Crippen LogP contribution in [0.1, 0.15) is 25.7 Å². The van der Waals surface area contributed by atoms with E-state index in [9.17, 15) is 4.79 Å². The van der Waals surface area contributed by atoms with Crippen LogP contribution in [0.15, 0.2) is 11.6 Å². The molecule has 0 saturated carbocycles. The molecule has 1 radical (unpaired) electrons. The first-order valence-electron chi connectivity index (χ1n) is 3.59. The van der Waals surface area contributed by atoms with Crippen LogP contribution < -0.4 is 0 Å². The van der Waals surface area contributed by atoms with Crippen LogP contribution in [0.4, 0.5) is 0 Å². The van der Waals surface area contributed by atoms with Crippen LogP contribution in [0.5, 0.6) is 0 Å². The van der Waals surface area contributed by atoms with Crippen LogP contribution in [-0.4, -0.2) is 17.5 Å². The molecule has 0 fully saturated rings. The molecule has 0 aliphatic heterocycles. The maximum atomic E-state index is 9.99. The van der Waals surface area contributed by atoms with Gasteiger partial charge in [0.25, 0.3) is 0 Å². The van der Waals surface area contributed by atoms with Crippen LogP contribution in [0.3, 0.4) is 0 Å². The number of aliphatic hydroxyl groups is 1. The lowest BCUT2D eigenvalue weighted by atomic mass is 9.96. The van der Waals surface area contributed by atoms with Gasteiger partial charge in [-0.25, -0.2) is 0 Å². The highest BCUT2D eigenvalue weighted by molar-refractivity contribution is 5.62. The van der Waals surface area contributed by atoms with Crippen molar-refractivity contribution >= 4 is 6.29 Å². The van der Waals surface area contributed by atoms with Gasteiger partial charge in [-0.1, -0.05) is 6.08 Å². The van der Waals surface area contributed by atoms with Crippen LogP contribution in [0, 0.1) is 0 Å². The maximum absolute atomic E-state index is 9.99. The Kier molecular flexibility index (Phi) is 2.63. The van der Waals surface area contributed by atoms with Gasteiger partial charge in [0, 0.05) is 0 Å². The van der Waals surface area contributed by atoms with Crippen molar-refractivity contribution < 1.29 is 9.90 Å². The zero-order valence-corrected chi connectivity index (χ0v) is 5.84. The summed E-state index contributed by atoms with van der Waals surface area (Å²) >= 11 is 0. The van der Waals surface area contributed by atoms with Crippen molar-refractivity contribution in [3.63, 3.8) is 0 Å². The SMILES string of the molecule is O=[C]C(O)C1=CCCCC1. The fourth-order valence-electron chi connectivity index (χ4n) is 1.19. The largest absolute Gasteiger partial charge is 0.380 e. The van der Waals surface area contributed by atoms with Crippen molar-refractivity contribution in [3.05, 3.63) is 11.6 Å². The lowest BCUT2D eigenvalue weighted by Gasteiger charge is -2.12. The number of hydrogen-bond donors (Lipinski definition) is 1. The van der Waals surface area contributed by atoms with Gasteiger partial charge >= 0.3 is 0 Å². The second-order valence-corrected chi connectivity index (χ2v) is 2.55. The Bertz CT molecular complexity index is 149. The molecule has 1 rings (SSSR count). The van der Waals surface area contributed by atoms with E-state index < -0.39 is 6.10 Å². The number of allylic oxidation sites excluding steroid dienone is 1. The summed E-state index contributed by atoms with van der Waals surface area (Å²) in [7, 11) is 0. The Morgan fingerprint density at radius 2 is 2.40 bits per heavy atom. The first-order valence-corrected chi connectivity index (χ1v) is 3.59. The monoisotopic (exact) mass is 139 g/mol. The van der Waals surface area contributed by atoms with Crippen molar-refractivity contribution in [3.8, 4) is 0 Å². The molecule has 10 heavy (non-hydrogen) atoms. The Morgan fingerprint density at radius 1 is 1.60 bits per heavy atom. The molecule has 0 aromatic heterocycles. The first kappa shape index (κ1) is 7.48. The Hall–Kier alpha value is -0.630. The third-order valence-electron chi connectivity index (χ3n) is 1.79. The topological polar surface area (TPSA) is 37.3 Å². The average molecular weight is 139 g/mol. The number of carbonyl (C=O) groups excluding carboxylic acids is 1. The standard InChI is InChI=1S/C8H11O2/c9-6-8(10)7-4-2-1-3-5-7/h4,8,10H,1-3,5H2. The van der Waals surface area contributed by atoms with Crippen LogP contribution in [0.2, 0.25) is 0 Å². The summed E-state index contributed by atoms with van der Waals surface area (Å²) in [4.78, 5) is 9.99. The van der Waals surface area contributed by atoms with E-state index in [1.165, 1.54) is 6.42 Å². The lowest BCUT2D eigenvalue weighted by Crippen LogP contribution is -2.13. The molecule has 1 unspecified atom stereocenters.